The molecule has 3 aromatic rings. The summed E-state index contributed by atoms with van der Waals surface area (Å²) in [6.07, 6.45) is 5.18. The smallest absolute Gasteiger partial charge is 0.250 e. The first-order chi connectivity index (χ1) is 12.7. The Morgan fingerprint density at radius 2 is 2.08 bits per heavy atom. The minimum absolute atomic E-state index is 0.0124. The van der Waals surface area contributed by atoms with E-state index in [0.29, 0.717) is 25.4 Å². The van der Waals surface area contributed by atoms with E-state index < -0.39 is 5.82 Å². The van der Waals surface area contributed by atoms with Gasteiger partial charge < -0.3 is 14.4 Å². The molecule has 7 nitrogen and oxygen atoms in total. The molecule has 0 radical (unpaired) electrons. The lowest BCUT2D eigenvalue weighted by atomic mass is 10.2. The molecule has 0 saturated carbocycles. The summed E-state index contributed by atoms with van der Waals surface area (Å²) in [5.41, 5.74) is 2.98. The molecule has 0 unspecified atom stereocenters. The number of halogens is 1. The Bertz CT molecular complexity index is 937. The highest BCUT2D eigenvalue weighted by Crippen LogP contribution is 2.30. The fourth-order valence-electron chi connectivity index (χ4n) is 3.22. The van der Waals surface area contributed by atoms with Gasteiger partial charge >= 0.3 is 0 Å². The van der Waals surface area contributed by atoms with Crippen LogP contribution in [0, 0.1) is 12.7 Å². The van der Waals surface area contributed by atoms with Crippen molar-refractivity contribution in [1.29, 1.82) is 0 Å². The average molecular weight is 357 g/mol. The Morgan fingerprint density at radius 1 is 1.27 bits per heavy atom. The first kappa shape index (κ1) is 16.7. The number of imidazole rings is 1. The van der Waals surface area contributed by atoms with Crippen molar-refractivity contribution in [2.75, 3.05) is 37.8 Å². The Labute approximate surface area is 150 Å². The van der Waals surface area contributed by atoms with Gasteiger partial charge in [-0.2, -0.15) is 0 Å². The molecule has 26 heavy (non-hydrogen) atoms. The maximum Gasteiger partial charge on any atom is 0.250 e. The second kappa shape index (κ2) is 6.87. The number of aromatic nitrogens is 4. The first-order valence-electron chi connectivity index (χ1n) is 8.64. The Balaban J connectivity index is 1.81. The molecular weight excluding hydrogens is 337 g/mol. The zero-order chi connectivity index (χ0) is 18.1. The monoisotopic (exact) mass is 357 g/mol. The van der Waals surface area contributed by atoms with Crippen molar-refractivity contribution in [3.8, 4) is 17.1 Å². The summed E-state index contributed by atoms with van der Waals surface area (Å²) in [5, 5.41) is 0. The molecule has 0 N–H and O–H groups in total. The van der Waals surface area contributed by atoms with Crippen LogP contribution in [0.15, 0.2) is 24.7 Å². The third-order valence-corrected chi connectivity index (χ3v) is 4.37. The molecule has 0 aromatic carbocycles. The van der Waals surface area contributed by atoms with Crippen LogP contribution in [0.1, 0.15) is 12.6 Å². The van der Waals surface area contributed by atoms with Crippen LogP contribution in [-0.4, -0.2) is 52.3 Å². The van der Waals surface area contributed by atoms with E-state index in [4.69, 9.17) is 9.47 Å². The van der Waals surface area contributed by atoms with Crippen molar-refractivity contribution < 1.29 is 13.9 Å². The number of morpholine rings is 1. The van der Waals surface area contributed by atoms with Crippen LogP contribution in [0.2, 0.25) is 0 Å². The lowest BCUT2D eigenvalue weighted by molar-refractivity contribution is 0.122. The molecule has 4 heterocycles. The van der Waals surface area contributed by atoms with Gasteiger partial charge in [0.2, 0.25) is 5.88 Å². The van der Waals surface area contributed by atoms with Gasteiger partial charge in [0.1, 0.15) is 0 Å². The number of aryl methyl sites for hydroxylation is 1. The van der Waals surface area contributed by atoms with E-state index in [1.165, 1.54) is 6.07 Å². The van der Waals surface area contributed by atoms with Gasteiger partial charge in [0.15, 0.2) is 17.3 Å². The molecule has 4 rings (SSSR count). The molecule has 0 spiro atoms. The molecule has 1 saturated heterocycles. The van der Waals surface area contributed by atoms with Gasteiger partial charge in [-0.25, -0.2) is 19.3 Å². The molecule has 1 fully saturated rings. The van der Waals surface area contributed by atoms with Crippen molar-refractivity contribution in [3.63, 3.8) is 0 Å². The van der Waals surface area contributed by atoms with Crippen LogP contribution in [0.25, 0.3) is 16.9 Å². The van der Waals surface area contributed by atoms with E-state index in [-0.39, 0.29) is 5.88 Å². The molecule has 0 bridgehead atoms. The van der Waals surface area contributed by atoms with Crippen molar-refractivity contribution in [3.05, 3.63) is 36.2 Å². The predicted molar refractivity (Wildman–Crippen MR) is 95.1 cm³/mol. The zero-order valence-corrected chi connectivity index (χ0v) is 14.8. The van der Waals surface area contributed by atoms with E-state index >= 15 is 0 Å². The summed E-state index contributed by atoms with van der Waals surface area (Å²) in [6.45, 7) is 6.95. The van der Waals surface area contributed by atoms with Crippen molar-refractivity contribution >= 4 is 11.5 Å². The van der Waals surface area contributed by atoms with Gasteiger partial charge in [-0.3, -0.25) is 4.40 Å². The lowest BCUT2D eigenvalue weighted by Gasteiger charge is -2.27. The summed E-state index contributed by atoms with van der Waals surface area (Å²) in [6, 6.07) is 1.43. The SMILES string of the molecule is CCOc1ncc(-c2c(C)nc3c(N4CCOCC4)nccn23)cc1F. The molecule has 1 aliphatic rings. The van der Waals surface area contributed by atoms with Gasteiger partial charge in [-0.15, -0.1) is 0 Å². The van der Waals surface area contributed by atoms with Gasteiger partial charge in [-0.1, -0.05) is 0 Å². The first-order valence-corrected chi connectivity index (χ1v) is 8.64. The second-order valence-electron chi connectivity index (χ2n) is 6.03. The fourth-order valence-corrected chi connectivity index (χ4v) is 3.22. The fraction of sp³-hybridized carbons (Fsp3) is 0.389. The lowest BCUT2D eigenvalue weighted by Crippen LogP contribution is -2.37. The molecule has 1 aliphatic heterocycles. The number of hydrogen-bond donors (Lipinski definition) is 0. The standard InChI is InChI=1S/C18H20FN5O2/c1-3-26-18-14(19)10-13(11-21-18)15-12(2)22-17-16(20-4-5-24(15)17)23-6-8-25-9-7-23/h4-5,10-11H,3,6-9H2,1-2H3. The quantitative estimate of drug-likeness (QED) is 0.715. The van der Waals surface area contributed by atoms with Crippen LogP contribution in [0.5, 0.6) is 5.88 Å². The van der Waals surface area contributed by atoms with Gasteiger partial charge in [-0.05, 0) is 19.9 Å². The third-order valence-electron chi connectivity index (χ3n) is 4.37. The third kappa shape index (κ3) is 2.86. The molecule has 0 atom stereocenters. The molecule has 136 valence electrons. The Morgan fingerprint density at radius 3 is 2.81 bits per heavy atom. The Kier molecular flexibility index (Phi) is 4.42. The number of fused-ring (bicyclic) bond motifs is 1. The molecule has 8 heteroatoms. The summed E-state index contributed by atoms with van der Waals surface area (Å²) in [7, 11) is 0. The van der Waals surface area contributed by atoms with E-state index in [9.17, 15) is 4.39 Å². The van der Waals surface area contributed by atoms with Crippen LogP contribution >= 0.6 is 0 Å². The van der Waals surface area contributed by atoms with Crippen LogP contribution in [0.4, 0.5) is 10.2 Å². The minimum atomic E-state index is -0.485. The summed E-state index contributed by atoms with van der Waals surface area (Å²) in [5.74, 6) is 0.337. The summed E-state index contributed by atoms with van der Waals surface area (Å²) in [4.78, 5) is 15.5. The van der Waals surface area contributed by atoms with Crippen molar-refractivity contribution in [2.24, 2.45) is 0 Å². The van der Waals surface area contributed by atoms with Gasteiger partial charge in [0.25, 0.3) is 0 Å². The van der Waals surface area contributed by atoms with E-state index in [1.54, 1.807) is 19.3 Å². The number of rotatable bonds is 4. The number of pyridine rings is 1. The zero-order valence-electron chi connectivity index (χ0n) is 14.8. The van der Waals surface area contributed by atoms with Crippen molar-refractivity contribution in [2.45, 2.75) is 13.8 Å². The maximum atomic E-state index is 14.3. The number of anilines is 1. The highest BCUT2D eigenvalue weighted by atomic mass is 19.1. The summed E-state index contributed by atoms with van der Waals surface area (Å²) >= 11 is 0. The highest BCUT2D eigenvalue weighted by molar-refractivity contribution is 5.73. The average Bonchev–Trinajstić information content (AvgIpc) is 3.00. The Hall–Kier alpha value is -2.74. The molecular formula is C18H20FN5O2. The predicted octanol–water partition coefficient (Wildman–Crippen LogP) is 2.47. The largest absolute Gasteiger partial charge is 0.476 e. The van der Waals surface area contributed by atoms with Gasteiger partial charge in [0.05, 0.1) is 31.2 Å². The minimum Gasteiger partial charge on any atom is -0.476 e. The number of hydrogen-bond acceptors (Lipinski definition) is 6. The van der Waals surface area contributed by atoms with Crippen molar-refractivity contribution in [1.82, 2.24) is 19.4 Å². The van der Waals surface area contributed by atoms with E-state index in [2.05, 4.69) is 19.9 Å². The number of ether oxygens (including phenoxy) is 2. The van der Waals surface area contributed by atoms with Crippen LogP contribution in [-0.2, 0) is 4.74 Å². The van der Waals surface area contributed by atoms with E-state index in [0.717, 1.165) is 35.9 Å². The molecule has 3 aromatic heterocycles. The van der Waals surface area contributed by atoms with Gasteiger partial charge in [0, 0.05) is 37.2 Å². The normalized spacial score (nSPS) is 14.8. The van der Waals surface area contributed by atoms with E-state index in [1.807, 2.05) is 17.5 Å². The molecule has 0 amide bonds. The topological polar surface area (TPSA) is 64.8 Å². The van der Waals surface area contributed by atoms with Crippen LogP contribution < -0.4 is 9.64 Å². The maximum absolute atomic E-state index is 14.3. The van der Waals surface area contributed by atoms with Crippen LogP contribution in [0.3, 0.4) is 0 Å². The highest BCUT2D eigenvalue weighted by Gasteiger charge is 2.20. The number of nitrogens with zero attached hydrogens (tertiary/aromatic N) is 5. The summed E-state index contributed by atoms with van der Waals surface area (Å²) < 4.78 is 26.8. The molecule has 0 aliphatic carbocycles. The second-order valence-corrected chi connectivity index (χ2v) is 6.03.